The van der Waals surface area contributed by atoms with E-state index < -0.39 is 10.0 Å². The van der Waals surface area contributed by atoms with E-state index in [1.807, 2.05) is 13.8 Å². The highest BCUT2D eigenvalue weighted by Crippen LogP contribution is 2.34. The van der Waals surface area contributed by atoms with Gasteiger partial charge in [0.1, 0.15) is 0 Å². The van der Waals surface area contributed by atoms with Crippen molar-refractivity contribution in [1.82, 2.24) is 4.31 Å². The lowest BCUT2D eigenvalue weighted by Gasteiger charge is -2.30. The van der Waals surface area contributed by atoms with Gasteiger partial charge in [0, 0.05) is 12.1 Å². The van der Waals surface area contributed by atoms with E-state index in [0.717, 1.165) is 12.8 Å². The summed E-state index contributed by atoms with van der Waals surface area (Å²) in [4.78, 5) is 0.208. The molecule has 0 aromatic heterocycles. The van der Waals surface area contributed by atoms with Crippen LogP contribution in [0.15, 0.2) is 23.1 Å². The first kappa shape index (κ1) is 13.6. The monoisotopic (exact) mass is 288 g/mol. The van der Waals surface area contributed by atoms with Crippen LogP contribution >= 0.6 is 11.6 Å². The van der Waals surface area contributed by atoms with Crippen LogP contribution in [0.3, 0.4) is 0 Å². The Morgan fingerprint density at radius 3 is 2.56 bits per heavy atom. The van der Waals surface area contributed by atoms with Crippen molar-refractivity contribution >= 4 is 27.3 Å². The van der Waals surface area contributed by atoms with E-state index in [4.69, 9.17) is 17.3 Å². The van der Waals surface area contributed by atoms with Gasteiger partial charge in [-0.05, 0) is 44.9 Å². The van der Waals surface area contributed by atoms with Crippen molar-refractivity contribution in [2.24, 2.45) is 0 Å². The van der Waals surface area contributed by atoms with Gasteiger partial charge >= 0.3 is 0 Å². The van der Waals surface area contributed by atoms with Gasteiger partial charge in [-0.25, -0.2) is 8.42 Å². The van der Waals surface area contributed by atoms with Gasteiger partial charge in [-0.2, -0.15) is 4.31 Å². The first-order valence-electron chi connectivity index (χ1n) is 5.83. The normalized spacial score (nSPS) is 20.2. The maximum Gasteiger partial charge on any atom is 0.243 e. The van der Waals surface area contributed by atoms with E-state index in [2.05, 4.69) is 0 Å². The molecule has 1 aliphatic rings. The summed E-state index contributed by atoms with van der Waals surface area (Å²) < 4.78 is 26.6. The molecule has 0 bridgehead atoms. The lowest BCUT2D eigenvalue weighted by Crippen LogP contribution is -2.42. The molecule has 18 heavy (non-hydrogen) atoms. The lowest BCUT2D eigenvalue weighted by molar-refractivity contribution is 0.292. The molecule has 0 atom stereocenters. The number of nitrogen functional groups attached to an aromatic ring is 1. The number of hydrogen-bond acceptors (Lipinski definition) is 3. The number of benzene rings is 1. The maximum absolute atomic E-state index is 12.5. The molecule has 4 nitrogen and oxygen atoms in total. The molecule has 1 fully saturated rings. The van der Waals surface area contributed by atoms with Crippen LogP contribution in [0, 0.1) is 0 Å². The van der Waals surface area contributed by atoms with Crippen molar-refractivity contribution < 1.29 is 8.42 Å². The fourth-order valence-electron chi connectivity index (χ4n) is 2.34. The van der Waals surface area contributed by atoms with Crippen molar-refractivity contribution in [1.29, 1.82) is 0 Å². The highest BCUT2D eigenvalue weighted by molar-refractivity contribution is 7.89. The first-order chi connectivity index (χ1) is 8.25. The molecule has 1 heterocycles. The molecule has 0 spiro atoms. The van der Waals surface area contributed by atoms with Crippen molar-refractivity contribution in [3.8, 4) is 0 Å². The Morgan fingerprint density at radius 1 is 1.39 bits per heavy atom. The van der Waals surface area contributed by atoms with Gasteiger partial charge in [0.05, 0.1) is 15.6 Å². The van der Waals surface area contributed by atoms with Gasteiger partial charge in [-0.3, -0.25) is 0 Å². The number of hydrogen-bond donors (Lipinski definition) is 1. The van der Waals surface area contributed by atoms with E-state index in [1.165, 1.54) is 18.2 Å². The minimum Gasteiger partial charge on any atom is -0.397 e. The zero-order valence-electron chi connectivity index (χ0n) is 10.5. The van der Waals surface area contributed by atoms with Gasteiger partial charge in [-0.1, -0.05) is 11.6 Å². The lowest BCUT2D eigenvalue weighted by atomic mass is 10.0. The smallest absolute Gasteiger partial charge is 0.243 e. The molecular weight excluding hydrogens is 272 g/mol. The summed E-state index contributed by atoms with van der Waals surface area (Å²) in [6, 6.07) is 4.45. The molecule has 2 rings (SSSR count). The van der Waals surface area contributed by atoms with E-state index in [0.29, 0.717) is 11.6 Å². The highest BCUT2D eigenvalue weighted by atomic mass is 35.5. The van der Waals surface area contributed by atoms with E-state index in [1.54, 1.807) is 4.31 Å². The van der Waals surface area contributed by atoms with Gasteiger partial charge in [-0.15, -0.1) is 0 Å². The number of nitrogens with two attached hydrogens (primary N) is 1. The second-order valence-electron chi connectivity index (χ2n) is 5.18. The fraction of sp³-hybridized carbons (Fsp3) is 0.500. The van der Waals surface area contributed by atoms with Crippen molar-refractivity contribution in [2.75, 3.05) is 12.3 Å². The van der Waals surface area contributed by atoms with Crippen molar-refractivity contribution in [2.45, 2.75) is 37.1 Å². The SMILES string of the molecule is CC1(C)CCCN1S(=O)(=O)c1ccc(Cl)c(N)c1. The molecule has 0 radical (unpaired) electrons. The Morgan fingerprint density at radius 2 is 2.06 bits per heavy atom. The van der Waals surface area contributed by atoms with E-state index in [-0.39, 0.29) is 16.1 Å². The third-order valence-corrected chi connectivity index (χ3v) is 5.83. The van der Waals surface area contributed by atoms with Gasteiger partial charge in [0.2, 0.25) is 10.0 Å². The average molecular weight is 289 g/mol. The molecule has 100 valence electrons. The third-order valence-electron chi connectivity index (χ3n) is 3.38. The quantitative estimate of drug-likeness (QED) is 0.851. The van der Waals surface area contributed by atoms with Crippen LogP contribution in [-0.2, 0) is 10.0 Å². The van der Waals surface area contributed by atoms with Crippen LogP contribution in [0.25, 0.3) is 0 Å². The van der Waals surface area contributed by atoms with Crippen LogP contribution in [-0.4, -0.2) is 24.8 Å². The number of halogens is 1. The standard InChI is InChI=1S/C12H17ClN2O2S/c1-12(2)6-3-7-15(12)18(16,17)9-4-5-10(13)11(14)8-9/h4-5,8H,3,6-7,14H2,1-2H3. The molecule has 1 saturated heterocycles. The largest absolute Gasteiger partial charge is 0.397 e. The Labute approximate surface area is 113 Å². The summed E-state index contributed by atoms with van der Waals surface area (Å²) in [6.07, 6.45) is 1.75. The van der Waals surface area contributed by atoms with Crippen molar-refractivity contribution in [3.05, 3.63) is 23.2 Å². The summed E-state index contributed by atoms with van der Waals surface area (Å²) in [7, 11) is -3.49. The Kier molecular flexibility index (Phi) is 3.34. The predicted octanol–water partition coefficient (Wildman–Crippen LogP) is 2.49. The second-order valence-corrected chi connectivity index (χ2v) is 7.45. The van der Waals surface area contributed by atoms with Gasteiger partial charge < -0.3 is 5.73 Å². The van der Waals surface area contributed by atoms with Crippen LogP contribution in [0.4, 0.5) is 5.69 Å². The minimum atomic E-state index is -3.49. The molecule has 1 aromatic rings. The molecule has 0 unspecified atom stereocenters. The molecule has 1 aromatic carbocycles. The number of rotatable bonds is 2. The number of nitrogens with zero attached hydrogens (tertiary/aromatic N) is 1. The molecule has 0 amide bonds. The number of sulfonamides is 1. The van der Waals surface area contributed by atoms with Crippen molar-refractivity contribution in [3.63, 3.8) is 0 Å². The predicted molar refractivity (Wildman–Crippen MR) is 73.1 cm³/mol. The Hall–Kier alpha value is -0.780. The van der Waals surface area contributed by atoms with E-state index >= 15 is 0 Å². The number of anilines is 1. The van der Waals surface area contributed by atoms with E-state index in [9.17, 15) is 8.42 Å². The molecule has 1 aliphatic heterocycles. The maximum atomic E-state index is 12.5. The molecule has 6 heteroatoms. The highest BCUT2D eigenvalue weighted by Gasteiger charge is 2.40. The molecule has 0 saturated carbocycles. The van der Waals surface area contributed by atoms with Gasteiger partial charge in [0.25, 0.3) is 0 Å². The van der Waals surface area contributed by atoms with Crippen LogP contribution in [0.5, 0.6) is 0 Å². The van der Waals surface area contributed by atoms with Crippen LogP contribution < -0.4 is 5.73 Å². The summed E-state index contributed by atoms with van der Waals surface area (Å²) in [5, 5.41) is 0.370. The summed E-state index contributed by atoms with van der Waals surface area (Å²) in [5.41, 5.74) is 5.62. The Balaban J connectivity index is 2.45. The minimum absolute atomic E-state index is 0.208. The molecule has 2 N–H and O–H groups in total. The zero-order valence-corrected chi connectivity index (χ0v) is 12.1. The summed E-state index contributed by atoms with van der Waals surface area (Å²) in [5.74, 6) is 0. The average Bonchev–Trinajstić information content (AvgIpc) is 2.62. The first-order valence-corrected chi connectivity index (χ1v) is 7.65. The third kappa shape index (κ3) is 2.22. The van der Waals surface area contributed by atoms with Crippen LogP contribution in [0.2, 0.25) is 5.02 Å². The molecular formula is C12H17ClN2O2S. The zero-order chi connectivity index (χ0) is 13.6. The topological polar surface area (TPSA) is 63.4 Å². The second kappa shape index (κ2) is 4.40. The summed E-state index contributed by atoms with van der Waals surface area (Å²) in [6.45, 7) is 4.44. The summed E-state index contributed by atoms with van der Waals surface area (Å²) >= 11 is 5.81. The van der Waals surface area contributed by atoms with Gasteiger partial charge in [0.15, 0.2) is 0 Å². The van der Waals surface area contributed by atoms with Crippen LogP contribution in [0.1, 0.15) is 26.7 Å². The Bertz CT molecular complexity index is 569. The molecule has 0 aliphatic carbocycles. The fourth-order valence-corrected chi connectivity index (χ4v) is 4.34.